The molecule has 0 unspecified atom stereocenters. The van der Waals surface area contributed by atoms with Gasteiger partial charge in [0.1, 0.15) is 12.3 Å². The van der Waals surface area contributed by atoms with E-state index in [1.54, 1.807) is 6.92 Å². The summed E-state index contributed by atoms with van der Waals surface area (Å²) in [5, 5.41) is 15.7. The number of rotatable bonds is 4. The lowest BCUT2D eigenvalue weighted by atomic mass is 10.3. The summed E-state index contributed by atoms with van der Waals surface area (Å²) in [7, 11) is 0. The number of aliphatic carboxylic acids is 1. The molecule has 0 aliphatic heterocycles. The molecule has 1 aromatic rings. The minimum absolute atomic E-state index is 0.154. The van der Waals surface area contributed by atoms with Crippen LogP contribution in [0.3, 0.4) is 0 Å². The first-order chi connectivity index (χ1) is 6.65. The first-order valence-corrected chi connectivity index (χ1v) is 4.65. The van der Waals surface area contributed by atoms with Crippen molar-refractivity contribution in [2.75, 3.05) is 12.3 Å². The van der Waals surface area contributed by atoms with Crippen molar-refractivity contribution in [1.82, 2.24) is 4.98 Å². The monoisotopic (exact) mass is 214 g/mol. The zero-order valence-corrected chi connectivity index (χ0v) is 8.21. The number of nitrogens with two attached hydrogens (primary N) is 1. The highest BCUT2D eigenvalue weighted by atomic mass is 32.1. The second-order valence-corrected chi connectivity index (χ2v) is 3.11. The molecule has 0 saturated heterocycles. The third kappa shape index (κ3) is 2.43. The molecule has 0 spiro atoms. The van der Waals surface area contributed by atoms with E-state index in [9.17, 15) is 9.90 Å². The molecule has 1 aromatic heterocycles. The fraction of sp³-hybridized carbons (Fsp3) is 0.286. The van der Waals surface area contributed by atoms with E-state index in [0.29, 0.717) is 0 Å². The molecule has 1 heterocycles. The zero-order valence-electron chi connectivity index (χ0n) is 7.39. The predicted molar refractivity (Wildman–Crippen MR) is 49.7 cm³/mol. The Hall–Kier alpha value is -1.63. The predicted octanol–water partition coefficient (Wildman–Crippen LogP) is -0.784. The van der Waals surface area contributed by atoms with Gasteiger partial charge in [-0.05, 0) is 6.92 Å². The van der Waals surface area contributed by atoms with Crippen molar-refractivity contribution in [3.05, 3.63) is 11.1 Å². The van der Waals surface area contributed by atoms with Gasteiger partial charge in [0.25, 0.3) is 0 Å². The van der Waals surface area contributed by atoms with Gasteiger partial charge < -0.3 is 20.5 Å². The number of carbonyl (C=O) groups excluding carboxylic acids is 1. The van der Waals surface area contributed by atoms with Crippen LogP contribution in [-0.2, 0) is 9.63 Å². The van der Waals surface area contributed by atoms with Crippen LogP contribution in [0, 0.1) is 0 Å². The molecule has 76 valence electrons. The Bertz CT molecular complexity index is 361. The summed E-state index contributed by atoms with van der Waals surface area (Å²) in [6, 6.07) is 0. The van der Waals surface area contributed by atoms with Gasteiger partial charge in [-0.15, -0.1) is 11.3 Å². The lowest BCUT2D eigenvalue weighted by molar-refractivity contribution is -0.294. The molecule has 0 amide bonds. The van der Waals surface area contributed by atoms with Crippen LogP contribution < -0.4 is 10.8 Å². The normalized spacial score (nSPS) is 11.4. The summed E-state index contributed by atoms with van der Waals surface area (Å²) >= 11 is 1.12. The van der Waals surface area contributed by atoms with Gasteiger partial charge in [0.05, 0.1) is 5.97 Å². The van der Waals surface area contributed by atoms with Crippen molar-refractivity contribution in [2.24, 2.45) is 5.16 Å². The summed E-state index contributed by atoms with van der Waals surface area (Å²) in [5.74, 6) is -1.44. The summed E-state index contributed by atoms with van der Waals surface area (Å²) in [5.41, 5.74) is 5.15. The Kier molecular flexibility index (Phi) is 3.41. The van der Waals surface area contributed by atoms with Crippen molar-refractivity contribution in [3.63, 3.8) is 0 Å². The Balaban J connectivity index is 2.94. The van der Waals surface area contributed by atoms with Gasteiger partial charge in [-0.2, -0.15) is 0 Å². The molecule has 14 heavy (non-hydrogen) atoms. The molecule has 2 N–H and O–H groups in total. The second kappa shape index (κ2) is 4.56. The number of carboxylic acid groups (broad SMARTS) is 1. The molecule has 0 aromatic carbocycles. The molecule has 1 rings (SSSR count). The smallest absolute Gasteiger partial charge is 0.180 e. The Morgan fingerprint density at radius 2 is 2.57 bits per heavy atom. The lowest BCUT2D eigenvalue weighted by Crippen LogP contribution is -2.32. The van der Waals surface area contributed by atoms with E-state index in [0.717, 1.165) is 11.3 Å². The first kappa shape index (κ1) is 10.5. The number of hydrogen-bond acceptors (Lipinski definition) is 7. The van der Waals surface area contributed by atoms with Gasteiger partial charge in [0.2, 0.25) is 0 Å². The molecule has 0 bridgehead atoms. The number of hydrogen-bond donors (Lipinski definition) is 1. The molecule has 0 fully saturated rings. The quantitative estimate of drug-likeness (QED) is 0.523. The number of carbonyl (C=O) groups is 1. The third-order valence-electron chi connectivity index (χ3n) is 1.24. The van der Waals surface area contributed by atoms with Crippen molar-refractivity contribution in [1.29, 1.82) is 0 Å². The minimum atomic E-state index is -1.44. The summed E-state index contributed by atoms with van der Waals surface area (Å²) in [6.07, 6.45) is 0. The van der Waals surface area contributed by atoms with E-state index in [1.807, 2.05) is 0 Å². The van der Waals surface area contributed by atoms with Crippen molar-refractivity contribution < 1.29 is 14.7 Å². The first-order valence-electron chi connectivity index (χ1n) is 3.77. The van der Waals surface area contributed by atoms with Crippen LogP contribution >= 0.6 is 11.3 Å². The summed E-state index contributed by atoms with van der Waals surface area (Å²) in [6.45, 7) is 1.96. The van der Waals surface area contributed by atoms with Gasteiger partial charge in [-0.1, -0.05) is 5.16 Å². The van der Waals surface area contributed by atoms with E-state index >= 15 is 0 Å². The number of carboxylic acids is 1. The van der Waals surface area contributed by atoms with E-state index in [4.69, 9.17) is 5.73 Å². The van der Waals surface area contributed by atoms with Crippen LogP contribution in [-0.4, -0.2) is 23.3 Å². The summed E-state index contributed by atoms with van der Waals surface area (Å²) < 4.78 is 0. The highest BCUT2D eigenvalue weighted by Gasteiger charge is 2.09. The third-order valence-corrected chi connectivity index (χ3v) is 1.92. The number of nitrogens with zero attached hydrogens (tertiary/aromatic N) is 2. The number of oxime groups is 1. The Morgan fingerprint density at radius 3 is 3.00 bits per heavy atom. The molecule has 0 saturated carbocycles. The number of anilines is 1. The number of aromatic nitrogens is 1. The number of thiazole rings is 1. The van der Waals surface area contributed by atoms with E-state index in [2.05, 4.69) is 15.0 Å². The highest BCUT2D eigenvalue weighted by Crippen LogP contribution is 2.11. The average molecular weight is 214 g/mol. The van der Waals surface area contributed by atoms with Gasteiger partial charge in [-0.3, -0.25) is 0 Å². The fourth-order valence-corrected chi connectivity index (χ4v) is 1.26. The zero-order chi connectivity index (χ0) is 10.6. The van der Waals surface area contributed by atoms with Gasteiger partial charge in [0.15, 0.2) is 10.8 Å². The van der Waals surface area contributed by atoms with Gasteiger partial charge >= 0.3 is 0 Å². The molecule has 7 heteroatoms. The highest BCUT2D eigenvalue weighted by molar-refractivity contribution is 7.13. The van der Waals surface area contributed by atoms with Gasteiger partial charge in [0, 0.05) is 5.38 Å². The number of nitrogen functional groups attached to an aromatic ring is 1. The van der Waals surface area contributed by atoms with E-state index < -0.39 is 5.97 Å². The molecule has 0 aliphatic rings. The van der Waals surface area contributed by atoms with Crippen molar-refractivity contribution >= 4 is 28.1 Å². The van der Waals surface area contributed by atoms with Gasteiger partial charge in [-0.25, -0.2) is 4.98 Å². The van der Waals surface area contributed by atoms with Crippen molar-refractivity contribution in [3.8, 4) is 0 Å². The maximum absolute atomic E-state index is 10.6. The molecular weight excluding hydrogens is 206 g/mol. The lowest BCUT2D eigenvalue weighted by Gasteiger charge is -2.02. The Morgan fingerprint density at radius 1 is 1.86 bits per heavy atom. The van der Waals surface area contributed by atoms with Crippen LogP contribution in [0.4, 0.5) is 5.13 Å². The van der Waals surface area contributed by atoms with E-state index in [1.165, 1.54) is 5.38 Å². The maximum Gasteiger partial charge on any atom is 0.180 e. The second-order valence-electron chi connectivity index (χ2n) is 2.22. The molecule has 0 atom stereocenters. The maximum atomic E-state index is 10.6. The van der Waals surface area contributed by atoms with Crippen molar-refractivity contribution in [2.45, 2.75) is 6.92 Å². The fourth-order valence-electron chi connectivity index (χ4n) is 0.714. The molecule has 6 nitrogen and oxygen atoms in total. The standard InChI is InChI=1S/C7H9N3O3S/c1-2-13-10-5(6(11)12)4-3-14-7(8)9-4/h3H,2H2,1H3,(H2,8,9)(H,11,12)/p-1. The summed E-state index contributed by atoms with van der Waals surface area (Å²) in [4.78, 5) is 19.0. The largest absolute Gasteiger partial charge is 0.543 e. The molecule has 0 aliphatic carbocycles. The van der Waals surface area contributed by atoms with Crippen LogP contribution in [0.25, 0.3) is 0 Å². The van der Waals surface area contributed by atoms with E-state index in [-0.39, 0.29) is 23.1 Å². The SMILES string of the molecule is CCON=C(C(=O)[O-])c1csc(N)n1. The van der Waals surface area contributed by atoms with Crippen LogP contribution in [0.15, 0.2) is 10.5 Å². The molecule has 0 radical (unpaired) electrons. The minimum Gasteiger partial charge on any atom is -0.543 e. The Labute approximate surface area is 84.0 Å². The van der Waals surface area contributed by atoms with Crippen LogP contribution in [0.1, 0.15) is 12.6 Å². The average Bonchev–Trinajstić information content (AvgIpc) is 2.52. The topological polar surface area (TPSA) is 101 Å². The molecular formula is C7H8N3O3S-. The van der Waals surface area contributed by atoms with Crippen LogP contribution in [0.5, 0.6) is 0 Å². The van der Waals surface area contributed by atoms with Crippen LogP contribution in [0.2, 0.25) is 0 Å².